The first-order chi connectivity index (χ1) is 14.1. The SMILES string of the molecule is Cc1ccc(C2CC(O)CC(C)O2)cc1Cc1ccc(OCCOC2CC2)cc1. The molecule has 0 spiro atoms. The summed E-state index contributed by atoms with van der Waals surface area (Å²) in [7, 11) is 0. The molecule has 0 aromatic heterocycles. The smallest absolute Gasteiger partial charge is 0.119 e. The molecule has 4 nitrogen and oxygen atoms in total. The number of benzene rings is 2. The molecule has 3 unspecified atom stereocenters. The van der Waals surface area contributed by atoms with Crippen LogP contribution in [0.1, 0.15) is 61.0 Å². The third-order valence-electron chi connectivity index (χ3n) is 5.78. The number of rotatable bonds is 8. The van der Waals surface area contributed by atoms with Crippen molar-refractivity contribution in [3.8, 4) is 5.75 Å². The minimum atomic E-state index is -0.282. The zero-order valence-electron chi connectivity index (χ0n) is 17.5. The van der Waals surface area contributed by atoms with Gasteiger partial charge in [-0.2, -0.15) is 0 Å². The van der Waals surface area contributed by atoms with Crippen LogP contribution in [-0.4, -0.2) is 36.6 Å². The van der Waals surface area contributed by atoms with Gasteiger partial charge in [-0.25, -0.2) is 0 Å². The van der Waals surface area contributed by atoms with Crippen molar-refractivity contribution in [3.05, 3.63) is 64.7 Å². The van der Waals surface area contributed by atoms with E-state index < -0.39 is 0 Å². The largest absolute Gasteiger partial charge is 0.491 e. The minimum Gasteiger partial charge on any atom is -0.491 e. The molecule has 4 rings (SSSR count). The zero-order valence-corrected chi connectivity index (χ0v) is 17.5. The highest BCUT2D eigenvalue weighted by molar-refractivity contribution is 5.38. The number of ether oxygens (including phenoxy) is 3. The van der Waals surface area contributed by atoms with E-state index in [-0.39, 0.29) is 18.3 Å². The molecule has 1 N–H and O–H groups in total. The molecule has 0 bridgehead atoms. The lowest BCUT2D eigenvalue weighted by molar-refractivity contribution is -0.0895. The van der Waals surface area contributed by atoms with Gasteiger partial charge >= 0.3 is 0 Å². The molecule has 1 saturated heterocycles. The highest BCUT2D eigenvalue weighted by Gasteiger charge is 2.27. The molecule has 156 valence electrons. The monoisotopic (exact) mass is 396 g/mol. The van der Waals surface area contributed by atoms with Crippen LogP contribution in [0.2, 0.25) is 0 Å². The van der Waals surface area contributed by atoms with Crippen LogP contribution in [0.25, 0.3) is 0 Å². The summed E-state index contributed by atoms with van der Waals surface area (Å²) in [5.74, 6) is 0.886. The Morgan fingerprint density at radius 1 is 1.03 bits per heavy atom. The van der Waals surface area contributed by atoms with Gasteiger partial charge in [0.2, 0.25) is 0 Å². The Hall–Kier alpha value is -1.88. The molecular weight excluding hydrogens is 364 g/mol. The molecule has 0 radical (unpaired) electrons. The van der Waals surface area contributed by atoms with E-state index in [1.165, 1.54) is 29.5 Å². The van der Waals surface area contributed by atoms with Gasteiger partial charge in [0.05, 0.1) is 31.0 Å². The van der Waals surface area contributed by atoms with Crippen LogP contribution in [0.15, 0.2) is 42.5 Å². The Morgan fingerprint density at radius 3 is 2.55 bits per heavy atom. The third kappa shape index (κ3) is 5.81. The molecule has 29 heavy (non-hydrogen) atoms. The van der Waals surface area contributed by atoms with Gasteiger partial charge in [-0.05, 0) is 73.9 Å². The van der Waals surface area contributed by atoms with Crippen LogP contribution in [0.5, 0.6) is 5.75 Å². The maximum absolute atomic E-state index is 10.1. The van der Waals surface area contributed by atoms with Gasteiger partial charge in [0.15, 0.2) is 0 Å². The first-order valence-corrected chi connectivity index (χ1v) is 10.8. The van der Waals surface area contributed by atoms with E-state index in [1.807, 2.05) is 19.1 Å². The molecule has 4 heteroatoms. The van der Waals surface area contributed by atoms with E-state index in [2.05, 4.69) is 37.3 Å². The molecule has 1 heterocycles. The van der Waals surface area contributed by atoms with Crippen molar-refractivity contribution in [2.75, 3.05) is 13.2 Å². The van der Waals surface area contributed by atoms with Crippen molar-refractivity contribution in [1.29, 1.82) is 0 Å². The molecule has 2 aromatic carbocycles. The second kappa shape index (κ2) is 9.29. The fourth-order valence-corrected chi connectivity index (χ4v) is 3.95. The number of aryl methyl sites for hydroxylation is 1. The fourth-order valence-electron chi connectivity index (χ4n) is 3.95. The normalized spacial score (nSPS) is 24.4. The summed E-state index contributed by atoms with van der Waals surface area (Å²) in [6.07, 6.45) is 4.91. The molecule has 2 aliphatic rings. The van der Waals surface area contributed by atoms with Gasteiger partial charge in [-0.1, -0.05) is 30.3 Å². The fraction of sp³-hybridized carbons (Fsp3) is 0.520. The van der Waals surface area contributed by atoms with E-state index in [0.717, 1.165) is 24.2 Å². The molecule has 2 aromatic rings. The molecule has 1 saturated carbocycles. The Morgan fingerprint density at radius 2 is 1.83 bits per heavy atom. The first-order valence-electron chi connectivity index (χ1n) is 10.8. The highest BCUT2D eigenvalue weighted by atomic mass is 16.5. The predicted octanol–water partition coefficient (Wildman–Crippen LogP) is 4.74. The predicted molar refractivity (Wildman–Crippen MR) is 113 cm³/mol. The van der Waals surface area contributed by atoms with Crippen LogP contribution in [-0.2, 0) is 15.9 Å². The number of hydrogen-bond donors (Lipinski definition) is 1. The van der Waals surface area contributed by atoms with Gasteiger partial charge in [0.25, 0.3) is 0 Å². The maximum atomic E-state index is 10.1. The number of aliphatic hydroxyl groups is 1. The molecule has 1 aliphatic heterocycles. The maximum Gasteiger partial charge on any atom is 0.119 e. The van der Waals surface area contributed by atoms with Gasteiger partial charge in [-0.15, -0.1) is 0 Å². The van der Waals surface area contributed by atoms with Gasteiger partial charge in [-0.3, -0.25) is 0 Å². The first kappa shape index (κ1) is 20.4. The molecule has 0 amide bonds. The third-order valence-corrected chi connectivity index (χ3v) is 5.78. The van der Waals surface area contributed by atoms with Crippen molar-refractivity contribution >= 4 is 0 Å². The van der Waals surface area contributed by atoms with E-state index >= 15 is 0 Å². The van der Waals surface area contributed by atoms with Gasteiger partial charge in [0.1, 0.15) is 12.4 Å². The van der Waals surface area contributed by atoms with E-state index in [4.69, 9.17) is 14.2 Å². The average molecular weight is 397 g/mol. The highest BCUT2D eigenvalue weighted by Crippen LogP contribution is 2.32. The Bertz CT molecular complexity index is 787. The average Bonchev–Trinajstić information content (AvgIpc) is 3.52. The van der Waals surface area contributed by atoms with Crippen molar-refractivity contribution in [3.63, 3.8) is 0 Å². The van der Waals surface area contributed by atoms with Crippen molar-refractivity contribution in [2.45, 2.75) is 70.4 Å². The van der Waals surface area contributed by atoms with Crippen LogP contribution < -0.4 is 4.74 Å². The summed E-state index contributed by atoms with van der Waals surface area (Å²) < 4.78 is 17.5. The lowest BCUT2D eigenvalue weighted by Gasteiger charge is -2.32. The summed E-state index contributed by atoms with van der Waals surface area (Å²) in [6.45, 7) is 5.44. The van der Waals surface area contributed by atoms with E-state index in [0.29, 0.717) is 25.7 Å². The Balaban J connectivity index is 1.36. The minimum absolute atomic E-state index is 0.0262. The molecule has 2 fully saturated rings. The quantitative estimate of drug-likeness (QED) is 0.655. The van der Waals surface area contributed by atoms with E-state index in [1.54, 1.807) is 0 Å². The summed E-state index contributed by atoms with van der Waals surface area (Å²) in [6, 6.07) is 14.9. The number of hydrogen-bond acceptors (Lipinski definition) is 4. The zero-order chi connectivity index (χ0) is 20.2. The topological polar surface area (TPSA) is 47.9 Å². The molecule has 1 aliphatic carbocycles. The van der Waals surface area contributed by atoms with Crippen molar-refractivity contribution in [2.24, 2.45) is 0 Å². The lowest BCUT2D eigenvalue weighted by atomic mass is 9.92. The van der Waals surface area contributed by atoms with E-state index in [9.17, 15) is 5.11 Å². The molecule has 3 atom stereocenters. The second-order valence-electron chi connectivity index (χ2n) is 8.49. The van der Waals surface area contributed by atoms with Gasteiger partial charge in [0, 0.05) is 6.42 Å². The molecular formula is C25H32O4. The number of aliphatic hydroxyl groups excluding tert-OH is 1. The van der Waals surface area contributed by atoms with Crippen LogP contribution in [0, 0.1) is 6.92 Å². The summed E-state index contributed by atoms with van der Waals surface area (Å²) in [4.78, 5) is 0. The van der Waals surface area contributed by atoms with Crippen LogP contribution in [0.4, 0.5) is 0 Å². The summed E-state index contributed by atoms with van der Waals surface area (Å²) in [5.41, 5.74) is 4.98. The standard InChI is InChI=1S/C25H32O4/c1-17-3-6-20(25-16-22(26)13-18(2)29-25)15-21(17)14-19-4-7-23(8-5-19)27-11-12-28-24-9-10-24/h3-8,15,18,22,24-26H,9-14,16H2,1-2H3. The Kier molecular flexibility index (Phi) is 6.53. The Labute approximate surface area is 173 Å². The summed E-state index contributed by atoms with van der Waals surface area (Å²) >= 11 is 0. The second-order valence-corrected chi connectivity index (χ2v) is 8.49. The van der Waals surface area contributed by atoms with Crippen molar-refractivity contribution < 1.29 is 19.3 Å². The van der Waals surface area contributed by atoms with Crippen LogP contribution >= 0.6 is 0 Å². The van der Waals surface area contributed by atoms with Gasteiger partial charge < -0.3 is 19.3 Å². The lowest BCUT2D eigenvalue weighted by Crippen LogP contribution is -2.29. The summed E-state index contributed by atoms with van der Waals surface area (Å²) in [5, 5.41) is 10.1. The van der Waals surface area contributed by atoms with Crippen LogP contribution in [0.3, 0.4) is 0 Å². The van der Waals surface area contributed by atoms with Crippen molar-refractivity contribution in [1.82, 2.24) is 0 Å².